The Morgan fingerprint density at radius 1 is 0.962 bits per heavy atom. The number of anilines is 1. The molecule has 5 heteroatoms. The quantitative estimate of drug-likeness (QED) is 0.660. The third kappa shape index (κ3) is 3.53. The van der Waals surface area contributed by atoms with Gasteiger partial charge in [0.2, 0.25) is 0 Å². The molecule has 3 rings (SSSR count). The van der Waals surface area contributed by atoms with Crippen LogP contribution in [0.5, 0.6) is 0 Å². The van der Waals surface area contributed by atoms with Crippen LogP contribution >= 0.6 is 11.3 Å². The predicted molar refractivity (Wildman–Crippen MR) is 105 cm³/mol. The highest BCUT2D eigenvalue weighted by molar-refractivity contribution is 7.14. The summed E-state index contributed by atoms with van der Waals surface area (Å²) in [6.07, 6.45) is 0. The molecule has 2 aromatic carbocycles. The van der Waals surface area contributed by atoms with Crippen LogP contribution in [-0.2, 0) is 0 Å². The smallest absolute Gasteiger partial charge is 0.339 e. The van der Waals surface area contributed by atoms with Crippen LogP contribution in [0.1, 0.15) is 37.4 Å². The van der Waals surface area contributed by atoms with Crippen molar-refractivity contribution in [2.45, 2.75) is 20.8 Å². The van der Waals surface area contributed by atoms with Gasteiger partial charge in [-0.2, -0.15) is 0 Å². The first-order valence-corrected chi connectivity index (χ1v) is 9.05. The molecular formula is C21H19NO3S. The van der Waals surface area contributed by atoms with Crippen LogP contribution in [-0.4, -0.2) is 17.0 Å². The maximum atomic E-state index is 12.4. The number of carboxylic acid groups (broad SMARTS) is 1. The van der Waals surface area contributed by atoms with Crippen LogP contribution in [0.4, 0.5) is 5.69 Å². The number of aromatic carboxylic acids is 1. The van der Waals surface area contributed by atoms with E-state index in [9.17, 15) is 14.7 Å². The molecule has 3 aromatic rings. The van der Waals surface area contributed by atoms with E-state index in [4.69, 9.17) is 0 Å². The average molecular weight is 365 g/mol. The summed E-state index contributed by atoms with van der Waals surface area (Å²) in [6.45, 7) is 5.95. The molecule has 0 saturated heterocycles. The SMILES string of the molecule is Cc1ccc(C(=O)Nc2csc(-c3ccc(C)c(C)c3)c2C(=O)O)cc1. The monoisotopic (exact) mass is 365 g/mol. The van der Waals surface area contributed by atoms with Gasteiger partial charge in [0.05, 0.1) is 10.6 Å². The number of rotatable bonds is 4. The summed E-state index contributed by atoms with van der Waals surface area (Å²) in [6, 6.07) is 13.0. The van der Waals surface area contributed by atoms with Crippen molar-refractivity contribution < 1.29 is 14.7 Å². The number of aryl methyl sites for hydroxylation is 3. The summed E-state index contributed by atoms with van der Waals surface area (Å²) < 4.78 is 0. The topological polar surface area (TPSA) is 66.4 Å². The average Bonchev–Trinajstić information content (AvgIpc) is 3.01. The van der Waals surface area contributed by atoms with Gasteiger partial charge in [0.1, 0.15) is 5.56 Å². The van der Waals surface area contributed by atoms with Gasteiger partial charge in [-0.05, 0) is 49.6 Å². The van der Waals surface area contributed by atoms with Gasteiger partial charge < -0.3 is 10.4 Å². The van der Waals surface area contributed by atoms with Crippen LogP contribution in [0.3, 0.4) is 0 Å². The van der Waals surface area contributed by atoms with Crippen molar-refractivity contribution in [1.82, 2.24) is 0 Å². The van der Waals surface area contributed by atoms with Crippen molar-refractivity contribution in [3.05, 3.63) is 75.7 Å². The summed E-state index contributed by atoms with van der Waals surface area (Å²) in [5, 5.41) is 14.1. The Hall–Kier alpha value is -2.92. The Morgan fingerprint density at radius 3 is 2.27 bits per heavy atom. The fraction of sp³-hybridized carbons (Fsp3) is 0.143. The number of carbonyl (C=O) groups excluding carboxylic acids is 1. The minimum absolute atomic E-state index is 0.124. The van der Waals surface area contributed by atoms with Crippen molar-refractivity contribution in [2.75, 3.05) is 5.32 Å². The number of nitrogens with one attached hydrogen (secondary N) is 1. The van der Waals surface area contributed by atoms with E-state index in [0.29, 0.717) is 16.1 Å². The molecule has 0 aliphatic carbocycles. The van der Waals surface area contributed by atoms with Crippen molar-refractivity contribution in [3.63, 3.8) is 0 Å². The van der Waals surface area contributed by atoms with Gasteiger partial charge in [-0.3, -0.25) is 4.79 Å². The maximum Gasteiger partial charge on any atom is 0.339 e. The standard InChI is InChI=1S/C21H19NO3S/c1-12-4-7-15(8-5-12)20(23)22-17-11-26-19(18(17)21(24)25)16-9-6-13(2)14(3)10-16/h4-11H,1-3H3,(H,22,23)(H,24,25). The molecule has 0 radical (unpaired) electrons. The molecule has 4 nitrogen and oxygen atoms in total. The predicted octanol–water partition coefficient (Wildman–Crippen LogP) is 5.29. The molecular weight excluding hydrogens is 346 g/mol. The summed E-state index contributed by atoms with van der Waals surface area (Å²) in [5.74, 6) is -1.38. The largest absolute Gasteiger partial charge is 0.478 e. The van der Waals surface area contributed by atoms with Crippen LogP contribution in [0, 0.1) is 20.8 Å². The minimum Gasteiger partial charge on any atom is -0.478 e. The first-order valence-electron chi connectivity index (χ1n) is 8.17. The second-order valence-electron chi connectivity index (χ2n) is 6.28. The highest BCUT2D eigenvalue weighted by Crippen LogP contribution is 2.37. The molecule has 1 aromatic heterocycles. The number of benzene rings is 2. The van der Waals surface area contributed by atoms with Crippen LogP contribution in [0.25, 0.3) is 10.4 Å². The molecule has 132 valence electrons. The number of hydrogen-bond acceptors (Lipinski definition) is 3. The van der Waals surface area contributed by atoms with Gasteiger partial charge in [0.25, 0.3) is 5.91 Å². The molecule has 0 atom stereocenters. The Labute approximate surface area is 156 Å². The lowest BCUT2D eigenvalue weighted by Crippen LogP contribution is -2.14. The first-order chi connectivity index (χ1) is 12.4. The summed E-state index contributed by atoms with van der Waals surface area (Å²) in [4.78, 5) is 24.9. The summed E-state index contributed by atoms with van der Waals surface area (Å²) in [7, 11) is 0. The highest BCUT2D eigenvalue weighted by atomic mass is 32.1. The fourth-order valence-corrected chi connectivity index (χ4v) is 3.65. The molecule has 0 aliphatic heterocycles. The van der Waals surface area contributed by atoms with E-state index < -0.39 is 5.97 Å². The van der Waals surface area contributed by atoms with Crippen molar-refractivity contribution in [3.8, 4) is 10.4 Å². The molecule has 26 heavy (non-hydrogen) atoms. The zero-order chi connectivity index (χ0) is 18.8. The number of carboxylic acids is 1. The van der Waals surface area contributed by atoms with Gasteiger partial charge in [0.15, 0.2) is 0 Å². The Kier molecular flexibility index (Phi) is 4.91. The normalized spacial score (nSPS) is 10.6. The second kappa shape index (κ2) is 7.14. The zero-order valence-electron chi connectivity index (χ0n) is 14.8. The van der Waals surface area contributed by atoms with E-state index in [2.05, 4.69) is 5.32 Å². The van der Waals surface area contributed by atoms with E-state index in [1.165, 1.54) is 11.3 Å². The molecule has 0 saturated carbocycles. The molecule has 1 heterocycles. The van der Waals surface area contributed by atoms with Crippen molar-refractivity contribution in [2.24, 2.45) is 0 Å². The molecule has 0 fully saturated rings. The number of thiophene rings is 1. The summed E-state index contributed by atoms with van der Waals surface area (Å²) >= 11 is 1.32. The van der Waals surface area contributed by atoms with Crippen LogP contribution in [0.15, 0.2) is 47.8 Å². The Balaban J connectivity index is 1.97. The lowest BCUT2D eigenvalue weighted by Gasteiger charge is -2.08. The molecule has 0 spiro atoms. The van der Waals surface area contributed by atoms with E-state index in [0.717, 1.165) is 22.3 Å². The van der Waals surface area contributed by atoms with Gasteiger partial charge in [-0.1, -0.05) is 35.9 Å². The molecule has 1 amide bonds. The number of amides is 1. The number of carbonyl (C=O) groups is 2. The molecule has 0 bridgehead atoms. The summed E-state index contributed by atoms with van der Waals surface area (Å²) in [5.41, 5.74) is 5.07. The van der Waals surface area contributed by atoms with E-state index in [1.54, 1.807) is 17.5 Å². The molecule has 0 unspecified atom stereocenters. The highest BCUT2D eigenvalue weighted by Gasteiger charge is 2.21. The third-order valence-electron chi connectivity index (χ3n) is 4.34. The zero-order valence-corrected chi connectivity index (χ0v) is 15.6. The first kappa shape index (κ1) is 17.9. The lowest BCUT2D eigenvalue weighted by atomic mass is 10.0. The van der Waals surface area contributed by atoms with E-state index in [-0.39, 0.29) is 11.5 Å². The van der Waals surface area contributed by atoms with Gasteiger partial charge in [0, 0.05) is 10.9 Å². The third-order valence-corrected chi connectivity index (χ3v) is 5.37. The van der Waals surface area contributed by atoms with Crippen LogP contribution < -0.4 is 5.32 Å². The Morgan fingerprint density at radius 2 is 1.65 bits per heavy atom. The van der Waals surface area contributed by atoms with E-state index in [1.807, 2.05) is 51.1 Å². The van der Waals surface area contributed by atoms with Crippen LogP contribution in [0.2, 0.25) is 0 Å². The van der Waals surface area contributed by atoms with Crippen molar-refractivity contribution in [1.29, 1.82) is 0 Å². The molecule has 0 aliphatic rings. The van der Waals surface area contributed by atoms with Gasteiger partial charge >= 0.3 is 5.97 Å². The van der Waals surface area contributed by atoms with E-state index >= 15 is 0 Å². The van der Waals surface area contributed by atoms with Crippen molar-refractivity contribution >= 4 is 28.9 Å². The number of hydrogen-bond donors (Lipinski definition) is 2. The lowest BCUT2D eigenvalue weighted by molar-refractivity contribution is 0.0699. The fourth-order valence-electron chi connectivity index (χ4n) is 2.66. The van der Waals surface area contributed by atoms with Gasteiger partial charge in [-0.25, -0.2) is 4.79 Å². The molecule has 2 N–H and O–H groups in total. The Bertz CT molecular complexity index is 987. The second-order valence-corrected chi connectivity index (χ2v) is 7.16. The maximum absolute atomic E-state index is 12.4. The van der Waals surface area contributed by atoms with Gasteiger partial charge in [-0.15, -0.1) is 11.3 Å². The minimum atomic E-state index is -1.06.